The molecule has 2 unspecified atom stereocenters. The molecule has 4 fully saturated rings. The Morgan fingerprint density at radius 2 is 1.62 bits per heavy atom. The highest BCUT2D eigenvalue weighted by atomic mass is 16.8. The Kier molecular flexibility index (Phi) is 9.93. The lowest BCUT2D eigenvalue weighted by atomic mass is 9.63. The van der Waals surface area contributed by atoms with Crippen LogP contribution in [0.5, 0.6) is 11.5 Å². The van der Waals surface area contributed by atoms with Crippen molar-refractivity contribution in [1.82, 2.24) is 4.90 Å². The summed E-state index contributed by atoms with van der Waals surface area (Å²) in [7, 11) is 5.02. The summed E-state index contributed by atoms with van der Waals surface area (Å²) < 4.78 is 43.3. The van der Waals surface area contributed by atoms with E-state index in [1.165, 1.54) is 38.3 Å². The molecule has 4 aliphatic heterocycles. The van der Waals surface area contributed by atoms with Crippen LogP contribution >= 0.6 is 0 Å². The van der Waals surface area contributed by atoms with Gasteiger partial charge in [-0.1, -0.05) is 12.1 Å². The first-order chi connectivity index (χ1) is 26.5. The van der Waals surface area contributed by atoms with Crippen LogP contribution in [0.2, 0.25) is 0 Å². The smallest absolute Gasteiger partial charge is 0.316 e. The standard InChI is InChI=1S/C41H49NO14/c1-16-25(44)13-28-40(53-16)56-38-18(3)52-29(14-27(38)54-28)55-37-17(2)51-26(12-23(37)42(5)6)22-15-41(4,49)33(39(48)50-7)20-11-21-32(36(47)30(20)22)34(45)19-9-8-10-24(43)31(19)35(21)46/h8-11,16-18,22-23,26-29,33,37-38,40,43,47,49H,12-15H2,1-7H3/t16-,17-,18-,22?,23-,26+,27-,28-,29?,33-,37+,38+,40-,41+/m0/s1. The van der Waals surface area contributed by atoms with E-state index in [9.17, 15) is 34.5 Å². The van der Waals surface area contributed by atoms with Crippen molar-refractivity contribution in [1.29, 1.82) is 0 Å². The number of hydrogen-bond donors (Lipinski definition) is 3. The zero-order chi connectivity index (χ0) is 40.1. The predicted octanol–water partition coefficient (Wildman–Crippen LogP) is 2.85. The van der Waals surface area contributed by atoms with Gasteiger partial charge < -0.3 is 53.4 Å². The molecular formula is C41H49NO14. The fourth-order valence-electron chi connectivity index (χ4n) is 9.88. The van der Waals surface area contributed by atoms with Crippen LogP contribution in [0.3, 0.4) is 0 Å². The third kappa shape index (κ3) is 6.27. The van der Waals surface area contributed by atoms with Crippen LogP contribution in [-0.4, -0.2) is 138 Å². The van der Waals surface area contributed by atoms with Crippen molar-refractivity contribution < 1.29 is 67.7 Å². The molecule has 0 radical (unpaired) electrons. The molecule has 15 nitrogen and oxygen atoms in total. The van der Waals surface area contributed by atoms with E-state index >= 15 is 0 Å². The van der Waals surface area contributed by atoms with Crippen LogP contribution in [0.1, 0.15) is 108 Å². The number of phenolic OH excluding ortho intramolecular Hbond substituents is 2. The van der Waals surface area contributed by atoms with Gasteiger partial charge in [-0.2, -0.15) is 0 Å². The van der Waals surface area contributed by atoms with Crippen molar-refractivity contribution in [3.05, 3.63) is 57.6 Å². The topological polar surface area (TPSA) is 197 Å². The first kappa shape index (κ1) is 39.0. The van der Waals surface area contributed by atoms with E-state index in [-0.39, 0.29) is 63.8 Å². The number of ether oxygens (including phenoxy) is 7. The fraction of sp³-hybridized carbons (Fsp3) is 0.610. The maximum absolute atomic E-state index is 14.0. The van der Waals surface area contributed by atoms with E-state index in [2.05, 4.69) is 0 Å². The van der Waals surface area contributed by atoms with Gasteiger partial charge in [0.05, 0.1) is 48.3 Å². The molecule has 0 bridgehead atoms. The van der Waals surface area contributed by atoms with Crippen molar-refractivity contribution in [3.63, 3.8) is 0 Å². The molecule has 0 aromatic heterocycles. The third-order valence-electron chi connectivity index (χ3n) is 12.6. The first-order valence-electron chi connectivity index (χ1n) is 19.2. The number of phenols is 2. The average molecular weight is 780 g/mol. The lowest BCUT2D eigenvalue weighted by Gasteiger charge is -2.52. The zero-order valence-corrected chi connectivity index (χ0v) is 32.4. The summed E-state index contributed by atoms with van der Waals surface area (Å²) in [5.41, 5.74) is -2.05. The second kappa shape index (κ2) is 14.2. The van der Waals surface area contributed by atoms with E-state index in [0.29, 0.717) is 12.8 Å². The molecule has 2 aliphatic carbocycles. The summed E-state index contributed by atoms with van der Waals surface area (Å²) in [6, 6.07) is 5.25. The van der Waals surface area contributed by atoms with Gasteiger partial charge in [0.15, 0.2) is 29.9 Å². The highest BCUT2D eigenvalue weighted by Crippen LogP contribution is 2.54. The summed E-state index contributed by atoms with van der Waals surface area (Å²) in [6.45, 7) is 6.96. The molecule has 302 valence electrons. The fourth-order valence-corrected chi connectivity index (χ4v) is 9.88. The number of aliphatic hydroxyl groups is 1. The molecule has 4 heterocycles. The van der Waals surface area contributed by atoms with Crippen LogP contribution < -0.4 is 0 Å². The lowest BCUT2D eigenvalue weighted by molar-refractivity contribution is -0.369. The maximum Gasteiger partial charge on any atom is 0.316 e. The number of fused-ring (bicyclic) bond motifs is 5. The van der Waals surface area contributed by atoms with Gasteiger partial charge in [-0.15, -0.1) is 0 Å². The van der Waals surface area contributed by atoms with Crippen LogP contribution in [0.15, 0.2) is 24.3 Å². The number of carbonyl (C=O) groups is 4. The number of aromatic hydroxyl groups is 2. The van der Waals surface area contributed by atoms with Crippen LogP contribution in [0, 0.1) is 0 Å². The lowest BCUT2D eigenvalue weighted by Crippen LogP contribution is -2.62. The van der Waals surface area contributed by atoms with Gasteiger partial charge in [-0.25, -0.2) is 0 Å². The van der Waals surface area contributed by atoms with E-state index in [4.69, 9.17) is 33.2 Å². The number of rotatable bonds is 5. The van der Waals surface area contributed by atoms with Crippen molar-refractivity contribution in [2.75, 3.05) is 21.2 Å². The Labute approximate surface area is 324 Å². The second-order valence-corrected chi connectivity index (χ2v) is 16.5. The summed E-state index contributed by atoms with van der Waals surface area (Å²) in [5, 5.41) is 34.7. The van der Waals surface area contributed by atoms with E-state index < -0.39 is 102 Å². The molecule has 2 aromatic carbocycles. The molecule has 14 atom stereocenters. The number of ketones is 3. The van der Waals surface area contributed by atoms with Gasteiger partial charge in [0.1, 0.15) is 41.8 Å². The molecule has 8 rings (SSSR count). The molecule has 2 aromatic rings. The minimum Gasteiger partial charge on any atom is -0.507 e. The van der Waals surface area contributed by atoms with E-state index in [1.807, 2.05) is 32.8 Å². The van der Waals surface area contributed by atoms with Crippen LogP contribution in [-0.2, 0) is 42.7 Å². The number of hydrogen-bond acceptors (Lipinski definition) is 15. The predicted molar refractivity (Wildman–Crippen MR) is 194 cm³/mol. The number of likely N-dealkylation sites (N-methyl/N-ethyl adjacent to an activating group) is 1. The Morgan fingerprint density at radius 3 is 2.34 bits per heavy atom. The average Bonchev–Trinajstić information content (AvgIpc) is 3.13. The van der Waals surface area contributed by atoms with Crippen molar-refractivity contribution in [3.8, 4) is 11.5 Å². The Hall–Kier alpha value is -3.80. The summed E-state index contributed by atoms with van der Waals surface area (Å²) >= 11 is 0. The number of benzene rings is 2. The summed E-state index contributed by atoms with van der Waals surface area (Å²) in [4.78, 5) is 55.6. The van der Waals surface area contributed by atoms with Gasteiger partial charge in [0, 0.05) is 41.5 Å². The number of esters is 1. The van der Waals surface area contributed by atoms with E-state index in [1.54, 1.807) is 6.92 Å². The van der Waals surface area contributed by atoms with Crippen molar-refractivity contribution >= 4 is 23.3 Å². The molecule has 15 heteroatoms. The highest BCUT2D eigenvalue weighted by molar-refractivity contribution is 6.30. The molecular weight excluding hydrogens is 730 g/mol. The van der Waals surface area contributed by atoms with Crippen molar-refractivity contribution in [2.24, 2.45) is 0 Å². The second-order valence-electron chi connectivity index (χ2n) is 16.5. The van der Waals surface area contributed by atoms with Crippen LogP contribution in [0.25, 0.3) is 0 Å². The minimum atomic E-state index is -1.73. The number of Topliss-reactive ketones (excluding diaryl/α,β-unsaturated/α-hetero) is 1. The molecule has 56 heavy (non-hydrogen) atoms. The quantitative estimate of drug-likeness (QED) is 0.320. The number of carbonyl (C=O) groups excluding carboxylic acids is 4. The molecule has 3 N–H and O–H groups in total. The van der Waals surface area contributed by atoms with Gasteiger partial charge in [0.25, 0.3) is 0 Å². The van der Waals surface area contributed by atoms with Gasteiger partial charge in [-0.05, 0) is 72.3 Å². The van der Waals surface area contributed by atoms with Gasteiger partial charge in [0.2, 0.25) is 0 Å². The molecule has 6 aliphatic rings. The first-order valence-corrected chi connectivity index (χ1v) is 19.2. The summed E-state index contributed by atoms with van der Waals surface area (Å²) in [6.07, 6.45) is -4.56. The zero-order valence-electron chi connectivity index (χ0n) is 32.4. The monoisotopic (exact) mass is 779 g/mol. The minimum absolute atomic E-state index is 0.0420. The Morgan fingerprint density at radius 1 is 0.893 bits per heavy atom. The molecule has 0 spiro atoms. The molecule has 4 saturated heterocycles. The van der Waals surface area contributed by atoms with Gasteiger partial charge >= 0.3 is 5.97 Å². The van der Waals surface area contributed by atoms with Gasteiger partial charge in [-0.3, -0.25) is 19.2 Å². The number of methoxy groups -OCH3 is 1. The molecule has 0 amide bonds. The third-order valence-corrected chi connectivity index (χ3v) is 12.6. The Bertz CT molecular complexity index is 1960. The van der Waals surface area contributed by atoms with Crippen LogP contribution in [0.4, 0.5) is 0 Å². The largest absolute Gasteiger partial charge is 0.507 e. The highest BCUT2D eigenvalue weighted by Gasteiger charge is 2.55. The SMILES string of the molecule is COC(=O)[C@@H]1c2cc3c(c(O)c2C([C@H]2C[C@H](N(C)C)[C@H](OC4C[C@@H]5O[C@H]6CC(=O)[C@H](C)O[C@H]6O[C@@H]5[C@H](C)O4)[C@H](C)O2)C[C@@]1(C)O)C(=O)c1cccc(O)c1C3=O. The number of nitrogens with zero attached hydrogens (tertiary/aromatic N) is 1. The van der Waals surface area contributed by atoms with Crippen molar-refractivity contribution in [2.45, 2.75) is 138 Å². The molecule has 0 saturated carbocycles. The Balaban J connectivity index is 1.10. The summed E-state index contributed by atoms with van der Waals surface area (Å²) in [5.74, 6) is -5.11. The normalized spacial score (nSPS) is 39.2. The maximum atomic E-state index is 14.0. The van der Waals surface area contributed by atoms with E-state index in [0.717, 1.165) is 0 Å².